The predicted octanol–water partition coefficient (Wildman–Crippen LogP) is 4.55. The molecular weight excluding hydrogens is 555 g/mol. The van der Waals surface area contributed by atoms with E-state index in [2.05, 4.69) is 42.7 Å². The number of aromatic nitrogens is 4. The Labute approximate surface area is 246 Å². The van der Waals surface area contributed by atoms with Crippen molar-refractivity contribution >= 4 is 40.4 Å². The van der Waals surface area contributed by atoms with Crippen LogP contribution in [0.4, 0.5) is 27.5 Å². The maximum atomic E-state index is 15.0. The number of pyridine rings is 2. The van der Waals surface area contributed by atoms with Crippen LogP contribution in [-0.2, 0) is 7.05 Å². The Morgan fingerprint density at radius 2 is 1.79 bits per heavy atom. The van der Waals surface area contributed by atoms with Crippen molar-refractivity contribution in [2.24, 2.45) is 7.05 Å². The lowest BCUT2D eigenvalue weighted by molar-refractivity contribution is 0.103. The number of piperazine rings is 1. The summed E-state index contributed by atoms with van der Waals surface area (Å²) in [6.45, 7) is 3.65. The largest absolute Gasteiger partial charge is 0.353 e. The molecule has 5 heterocycles. The average molecular weight is 587 g/mol. The van der Waals surface area contributed by atoms with E-state index in [4.69, 9.17) is 0 Å². The fraction of sp³-hybridized carbons (Fsp3) is 0.367. The number of nitrogens with zero attached hydrogens (tertiary/aromatic N) is 6. The van der Waals surface area contributed by atoms with Crippen molar-refractivity contribution in [3.63, 3.8) is 0 Å². The molecule has 3 aliphatic rings. The van der Waals surface area contributed by atoms with Gasteiger partial charge in [0.1, 0.15) is 23.0 Å². The summed E-state index contributed by atoms with van der Waals surface area (Å²) in [7, 11) is 3.68. The minimum Gasteiger partial charge on any atom is -0.353 e. The van der Waals surface area contributed by atoms with Crippen LogP contribution in [0.15, 0.2) is 47.4 Å². The van der Waals surface area contributed by atoms with Gasteiger partial charge in [0.2, 0.25) is 0 Å². The Morgan fingerprint density at radius 1 is 1.00 bits per heavy atom. The Bertz CT molecular complexity index is 1700. The fourth-order valence-electron chi connectivity index (χ4n) is 6.23. The standard InChI is InChI=1S/C30H31FN8O2S/c1-37-9-11-39(12-10-37)26-8-7-25(35-36-26)32-22-14-19(16-38(2)30(22)41)27-21(31)5-6-24(33-27)34-29(40)23-15-20-17-3-4-18(13-17)28(20)42-23/h5-8,14-18H,3-4,9-13H2,1-2H3,(H,32,35)(H,33,34,40). The summed E-state index contributed by atoms with van der Waals surface area (Å²) in [6.07, 6.45) is 5.12. The predicted molar refractivity (Wildman–Crippen MR) is 162 cm³/mol. The van der Waals surface area contributed by atoms with Gasteiger partial charge in [-0.05, 0) is 80.1 Å². The number of aryl methyl sites for hydroxylation is 1. The van der Waals surface area contributed by atoms with E-state index < -0.39 is 5.82 Å². The molecule has 4 aromatic rings. The zero-order valence-electron chi connectivity index (χ0n) is 23.4. The van der Waals surface area contributed by atoms with Crippen LogP contribution in [0, 0.1) is 5.82 Å². The molecule has 42 heavy (non-hydrogen) atoms. The first-order valence-electron chi connectivity index (χ1n) is 14.2. The number of fused-ring (bicyclic) bond motifs is 5. The molecule has 1 aliphatic heterocycles. The van der Waals surface area contributed by atoms with Gasteiger partial charge in [-0.1, -0.05) is 0 Å². The normalized spacial score (nSPS) is 19.6. The van der Waals surface area contributed by atoms with Gasteiger partial charge >= 0.3 is 0 Å². The number of halogens is 1. The first-order valence-corrected chi connectivity index (χ1v) is 15.0. The molecule has 7 rings (SSSR count). The van der Waals surface area contributed by atoms with Crippen LogP contribution >= 0.6 is 11.3 Å². The highest BCUT2D eigenvalue weighted by molar-refractivity contribution is 7.14. The number of hydrogen-bond donors (Lipinski definition) is 2. The maximum absolute atomic E-state index is 15.0. The molecule has 1 amide bonds. The molecule has 10 nitrogen and oxygen atoms in total. The summed E-state index contributed by atoms with van der Waals surface area (Å²) >= 11 is 1.56. The van der Waals surface area contributed by atoms with Gasteiger partial charge in [0.15, 0.2) is 11.6 Å². The molecule has 1 saturated carbocycles. The second-order valence-corrected chi connectivity index (χ2v) is 12.5. The van der Waals surface area contributed by atoms with E-state index in [0.717, 1.165) is 32.0 Å². The number of rotatable bonds is 6. The van der Waals surface area contributed by atoms with Gasteiger partial charge in [-0.15, -0.1) is 21.5 Å². The Balaban J connectivity index is 1.10. The summed E-state index contributed by atoms with van der Waals surface area (Å²) < 4.78 is 16.4. The topological polar surface area (TPSA) is 108 Å². The van der Waals surface area contributed by atoms with Crippen LogP contribution in [0.2, 0.25) is 0 Å². The van der Waals surface area contributed by atoms with Crippen molar-refractivity contribution in [3.05, 3.63) is 74.1 Å². The second-order valence-electron chi connectivity index (χ2n) is 11.4. The van der Waals surface area contributed by atoms with E-state index in [9.17, 15) is 9.59 Å². The van der Waals surface area contributed by atoms with Crippen molar-refractivity contribution < 1.29 is 9.18 Å². The third-order valence-corrected chi connectivity index (χ3v) is 9.86. The third kappa shape index (κ3) is 4.94. The number of thiophene rings is 1. The van der Waals surface area contributed by atoms with Crippen molar-refractivity contribution in [1.29, 1.82) is 0 Å². The molecule has 4 aromatic heterocycles. The SMILES string of the molecule is CN1CCN(c2ccc(Nc3cc(-c4nc(NC(=O)c5cc6c(s5)C5CCC6C5)ccc4F)cn(C)c3=O)nn2)CC1. The number of likely N-dealkylation sites (N-methyl/N-ethyl adjacent to an activating group) is 1. The zero-order chi connectivity index (χ0) is 29.0. The highest BCUT2D eigenvalue weighted by Gasteiger charge is 2.39. The molecule has 2 N–H and O–H groups in total. The molecule has 2 unspecified atom stereocenters. The van der Waals surface area contributed by atoms with Gasteiger partial charge < -0.3 is 25.0 Å². The zero-order valence-corrected chi connectivity index (χ0v) is 24.2. The number of hydrogen-bond acceptors (Lipinski definition) is 9. The molecule has 2 atom stereocenters. The lowest BCUT2D eigenvalue weighted by Gasteiger charge is -2.32. The second kappa shape index (κ2) is 10.6. The van der Waals surface area contributed by atoms with E-state index in [1.807, 2.05) is 12.1 Å². The number of carbonyl (C=O) groups excluding carboxylic acids is 1. The number of anilines is 4. The summed E-state index contributed by atoms with van der Waals surface area (Å²) in [5.74, 6) is 1.75. The Kier molecular flexibility index (Phi) is 6.74. The van der Waals surface area contributed by atoms with Gasteiger partial charge in [-0.3, -0.25) is 9.59 Å². The van der Waals surface area contributed by atoms with Crippen LogP contribution in [0.5, 0.6) is 0 Å². The van der Waals surface area contributed by atoms with Gasteiger partial charge in [-0.2, -0.15) is 0 Å². The summed E-state index contributed by atoms with van der Waals surface area (Å²) in [5, 5.41) is 14.5. The smallest absolute Gasteiger partial charge is 0.274 e. The maximum Gasteiger partial charge on any atom is 0.274 e. The minimum absolute atomic E-state index is 0.0228. The van der Waals surface area contributed by atoms with E-state index in [-0.39, 0.29) is 28.7 Å². The number of carbonyl (C=O) groups is 1. The van der Waals surface area contributed by atoms with E-state index in [1.165, 1.54) is 58.7 Å². The molecule has 0 radical (unpaired) electrons. The Hall–Kier alpha value is -4.16. The first-order chi connectivity index (χ1) is 20.3. The molecule has 216 valence electrons. The van der Waals surface area contributed by atoms with Gasteiger partial charge in [0.25, 0.3) is 11.5 Å². The van der Waals surface area contributed by atoms with Crippen molar-refractivity contribution in [1.82, 2.24) is 24.6 Å². The van der Waals surface area contributed by atoms with Gasteiger partial charge in [-0.25, -0.2) is 9.37 Å². The molecule has 2 fully saturated rings. The van der Waals surface area contributed by atoms with Gasteiger partial charge in [0, 0.05) is 49.9 Å². The molecule has 0 aromatic carbocycles. The van der Waals surface area contributed by atoms with Crippen LogP contribution in [0.1, 0.15) is 51.2 Å². The lowest BCUT2D eigenvalue weighted by Crippen LogP contribution is -2.44. The summed E-state index contributed by atoms with van der Waals surface area (Å²) in [6, 6.07) is 9.90. The van der Waals surface area contributed by atoms with Crippen molar-refractivity contribution in [2.75, 3.05) is 48.8 Å². The highest BCUT2D eigenvalue weighted by Crippen LogP contribution is 2.55. The average Bonchev–Trinajstić information content (AvgIpc) is 3.72. The van der Waals surface area contributed by atoms with Crippen LogP contribution in [0.25, 0.3) is 11.3 Å². The van der Waals surface area contributed by atoms with Crippen LogP contribution < -0.4 is 21.1 Å². The van der Waals surface area contributed by atoms with E-state index in [1.54, 1.807) is 24.5 Å². The van der Waals surface area contributed by atoms with E-state index >= 15 is 4.39 Å². The molecular formula is C30H31FN8O2S. The van der Waals surface area contributed by atoms with Crippen molar-refractivity contribution in [2.45, 2.75) is 31.1 Å². The molecule has 2 bridgehead atoms. The fourth-order valence-corrected chi connectivity index (χ4v) is 7.52. The molecule has 0 spiro atoms. The van der Waals surface area contributed by atoms with Crippen LogP contribution in [-0.4, -0.2) is 63.8 Å². The first kappa shape index (κ1) is 26.7. The molecule has 2 aliphatic carbocycles. The minimum atomic E-state index is -0.569. The molecule has 1 saturated heterocycles. The van der Waals surface area contributed by atoms with E-state index in [0.29, 0.717) is 28.1 Å². The highest BCUT2D eigenvalue weighted by atomic mass is 32.1. The summed E-state index contributed by atoms with van der Waals surface area (Å²) in [4.78, 5) is 36.9. The lowest BCUT2D eigenvalue weighted by atomic mass is 9.99. The van der Waals surface area contributed by atoms with Gasteiger partial charge in [0.05, 0.1) is 4.88 Å². The Morgan fingerprint density at radius 3 is 2.55 bits per heavy atom. The molecule has 12 heteroatoms. The van der Waals surface area contributed by atoms with Crippen LogP contribution in [0.3, 0.4) is 0 Å². The quantitative estimate of drug-likeness (QED) is 0.339. The number of amides is 1. The number of nitrogens with one attached hydrogen (secondary N) is 2. The third-order valence-electron chi connectivity index (χ3n) is 8.54. The monoisotopic (exact) mass is 586 g/mol. The summed E-state index contributed by atoms with van der Waals surface area (Å²) in [5.41, 5.74) is 1.61. The van der Waals surface area contributed by atoms with Crippen molar-refractivity contribution in [3.8, 4) is 11.3 Å².